The number of rotatable bonds is 5. The fourth-order valence-corrected chi connectivity index (χ4v) is 3.04. The summed E-state index contributed by atoms with van der Waals surface area (Å²) in [6.07, 6.45) is 2.29. The van der Waals surface area contributed by atoms with Crippen molar-refractivity contribution in [2.24, 2.45) is 0 Å². The summed E-state index contributed by atoms with van der Waals surface area (Å²) in [6, 6.07) is 11.8. The summed E-state index contributed by atoms with van der Waals surface area (Å²) in [6.45, 7) is 2.22. The molecule has 0 aliphatic heterocycles. The Morgan fingerprint density at radius 1 is 1.21 bits per heavy atom. The number of anilines is 1. The third kappa shape index (κ3) is 3.75. The first-order valence-corrected chi connectivity index (χ1v) is 8.33. The number of nitrogens with two attached hydrogens (primary N) is 1. The van der Waals surface area contributed by atoms with Crippen LogP contribution in [0.3, 0.4) is 0 Å². The monoisotopic (exact) mass is 339 g/mol. The Morgan fingerprint density at radius 3 is 2.71 bits per heavy atom. The molecule has 6 nitrogen and oxygen atoms in total. The molecule has 0 bridgehead atoms. The molecule has 0 saturated heterocycles. The molecule has 0 radical (unpaired) electrons. The molecule has 0 saturated carbocycles. The van der Waals surface area contributed by atoms with Crippen LogP contribution < -0.4 is 11.1 Å². The van der Waals surface area contributed by atoms with Crippen molar-refractivity contribution in [3.63, 3.8) is 0 Å². The minimum atomic E-state index is -0.166. The number of thiazole rings is 1. The molecule has 2 aromatic heterocycles. The van der Waals surface area contributed by atoms with Gasteiger partial charge in [0, 0.05) is 24.7 Å². The van der Waals surface area contributed by atoms with Gasteiger partial charge in [0.1, 0.15) is 10.7 Å². The van der Waals surface area contributed by atoms with Gasteiger partial charge in [-0.15, -0.1) is 0 Å². The molecule has 7 heteroatoms. The van der Waals surface area contributed by atoms with Crippen molar-refractivity contribution < 1.29 is 4.79 Å². The zero-order chi connectivity index (χ0) is 16.9. The number of carbonyl (C=O) groups excluding carboxylic acids is 1. The highest BCUT2D eigenvalue weighted by Gasteiger charge is 2.13. The molecule has 1 aromatic carbocycles. The number of carbonyl (C=O) groups is 1. The number of hydrogen-bond acceptors (Lipinski definition) is 6. The summed E-state index contributed by atoms with van der Waals surface area (Å²) in [5, 5.41) is 3.26. The van der Waals surface area contributed by atoms with Crippen LogP contribution in [0.15, 0.2) is 42.6 Å². The van der Waals surface area contributed by atoms with Gasteiger partial charge in [0.05, 0.1) is 11.4 Å². The Kier molecular flexibility index (Phi) is 4.81. The first kappa shape index (κ1) is 16.1. The second-order valence-corrected chi connectivity index (χ2v) is 6.23. The smallest absolute Gasteiger partial charge is 0.263 e. The van der Waals surface area contributed by atoms with Crippen molar-refractivity contribution in [3.8, 4) is 11.3 Å². The zero-order valence-electron chi connectivity index (χ0n) is 13.2. The minimum Gasteiger partial charge on any atom is -0.375 e. The van der Waals surface area contributed by atoms with E-state index in [1.165, 1.54) is 11.3 Å². The maximum atomic E-state index is 12.1. The van der Waals surface area contributed by atoms with E-state index < -0.39 is 0 Å². The first-order chi connectivity index (χ1) is 11.6. The quantitative estimate of drug-likeness (QED) is 0.745. The second kappa shape index (κ2) is 7.18. The molecule has 0 atom stereocenters. The standard InChI is InChI=1S/C17H17N5OS/c1-11-15(24-17(18)21-11)16(23)20-10-8-14-19-9-7-13(22-14)12-5-3-2-4-6-12/h2-7,9H,8,10H2,1H3,(H2,18,21)(H,20,23). The van der Waals surface area contributed by atoms with E-state index in [0.717, 1.165) is 11.3 Å². The Bertz CT molecular complexity index is 847. The minimum absolute atomic E-state index is 0.166. The highest BCUT2D eigenvalue weighted by Crippen LogP contribution is 2.19. The van der Waals surface area contributed by atoms with Gasteiger partial charge >= 0.3 is 0 Å². The van der Waals surface area contributed by atoms with Crippen LogP contribution in [0, 0.1) is 6.92 Å². The number of nitrogen functional groups attached to an aromatic ring is 1. The van der Waals surface area contributed by atoms with E-state index in [1.54, 1.807) is 13.1 Å². The molecular formula is C17H17N5OS. The molecule has 122 valence electrons. The van der Waals surface area contributed by atoms with Crippen LogP contribution in [0.2, 0.25) is 0 Å². The lowest BCUT2D eigenvalue weighted by Crippen LogP contribution is -2.26. The Hall–Kier alpha value is -2.80. The lowest BCUT2D eigenvalue weighted by Gasteiger charge is -2.05. The van der Waals surface area contributed by atoms with Gasteiger partial charge in [0.25, 0.3) is 5.91 Å². The number of aromatic nitrogens is 3. The average Bonchev–Trinajstić information content (AvgIpc) is 2.94. The number of benzene rings is 1. The van der Waals surface area contributed by atoms with Crippen molar-refractivity contribution in [3.05, 3.63) is 59.0 Å². The third-order valence-corrected chi connectivity index (χ3v) is 4.41. The van der Waals surface area contributed by atoms with Crippen molar-refractivity contribution >= 4 is 22.4 Å². The van der Waals surface area contributed by atoms with E-state index in [2.05, 4.69) is 20.3 Å². The van der Waals surface area contributed by atoms with Gasteiger partial charge in [-0.1, -0.05) is 41.7 Å². The lowest BCUT2D eigenvalue weighted by molar-refractivity contribution is 0.0957. The molecule has 3 rings (SSSR count). The Balaban J connectivity index is 1.61. The van der Waals surface area contributed by atoms with Crippen LogP contribution in [0.1, 0.15) is 21.2 Å². The van der Waals surface area contributed by atoms with Crippen LogP contribution in [0.25, 0.3) is 11.3 Å². The topological polar surface area (TPSA) is 93.8 Å². The van der Waals surface area contributed by atoms with Gasteiger partial charge in [-0.3, -0.25) is 4.79 Å². The largest absolute Gasteiger partial charge is 0.375 e. The highest BCUT2D eigenvalue weighted by molar-refractivity contribution is 7.17. The molecule has 0 aliphatic rings. The molecule has 3 aromatic rings. The Morgan fingerprint density at radius 2 is 2.00 bits per heavy atom. The number of hydrogen-bond donors (Lipinski definition) is 2. The summed E-state index contributed by atoms with van der Waals surface area (Å²) in [5.41, 5.74) is 8.18. The summed E-state index contributed by atoms with van der Waals surface area (Å²) in [7, 11) is 0. The summed E-state index contributed by atoms with van der Waals surface area (Å²) < 4.78 is 0. The van der Waals surface area contributed by atoms with E-state index >= 15 is 0 Å². The van der Waals surface area contributed by atoms with Gasteiger partial charge in [-0.25, -0.2) is 15.0 Å². The van der Waals surface area contributed by atoms with E-state index in [0.29, 0.717) is 34.5 Å². The lowest BCUT2D eigenvalue weighted by atomic mass is 10.1. The van der Waals surface area contributed by atoms with Crippen LogP contribution in [-0.2, 0) is 6.42 Å². The highest BCUT2D eigenvalue weighted by atomic mass is 32.1. The normalized spacial score (nSPS) is 10.5. The van der Waals surface area contributed by atoms with Gasteiger partial charge in [-0.2, -0.15) is 0 Å². The molecule has 0 aliphatic carbocycles. The molecule has 2 heterocycles. The molecular weight excluding hydrogens is 322 g/mol. The van der Waals surface area contributed by atoms with E-state index in [9.17, 15) is 4.79 Å². The molecule has 0 fully saturated rings. The van der Waals surface area contributed by atoms with E-state index in [1.807, 2.05) is 36.4 Å². The predicted molar refractivity (Wildman–Crippen MR) is 94.8 cm³/mol. The van der Waals surface area contributed by atoms with Gasteiger partial charge in [-0.05, 0) is 13.0 Å². The van der Waals surface area contributed by atoms with Crippen LogP contribution in [-0.4, -0.2) is 27.4 Å². The number of aryl methyl sites for hydroxylation is 1. The van der Waals surface area contributed by atoms with Gasteiger partial charge in [0.2, 0.25) is 0 Å². The van der Waals surface area contributed by atoms with Gasteiger partial charge in [0.15, 0.2) is 5.13 Å². The number of nitrogens with one attached hydrogen (secondary N) is 1. The van der Waals surface area contributed by atoms with Gasteiger partial charge < -0.3 is 11.1 Å². The predicted octanol–water partition coefficient (Wildman–Crippen LogP) is 2.46. The average molecular weight is 339 g/mol. The second-order valence-electron chi connectivity index (χ2n) is 5.20. The van der Waals surface area contributed by atoms with E-state index in [-0.39, 0.29) is 5.91 Å². The molecule has 0 spiro atoms. The Labute approximate surface area is 143 Å². The number of nitrogens with zero attached hydrogens (tertiary/aromatic N) is 3. The van der Waals surface area contributed by atoms with Crippen molar-refractivity contribution in [2.45, 2.75) is 13.3 Å². The summed E-state index contributed by atoms with van der Waals surface area (Å²) >= 11 is 1.19. The molecule has 24 heavy (non-hydrogen) atoms. The molecule has 0 unspecified atom stereocenters. The maximum absolute atomic E-state index is 12.1. The maximum Gasteiger partial charge on any atom is 0.263 e. The fourth-order valence-electron chi connectivity index (χ4n) is 2.29. The van der Waals surface area contributed by atoms with E-state index in [4.69, 9.17) is 5.73 Å². The van der Waals surface area contributed by atoms with Crippen molar-refractivity contribution in [2.75, 3.05) is 12.3 Å². The first-order valence-electron chi connectivity index (χ1n) is 7.52. The third-order valence-electron chi connectivity index (χ3n) is 3.43. The fraction of sp³-hybridized carbons (Fsp3) is 0.176. The summed E-state index contributed by atoms with van der Waals surface area (Å²) in [5.74, 6) is 0.526. The van der Waals surface area contributed by atoms with Crippen LogP contribution in [0.4, 0.5) is 5.13 Å². The van der Waals surface area contributed by atoms with Crippen LogP contribution >= 0.6 is 11.3 Å². The molecule has 3 N–H and O–H groups in total. The van der Waals surface area contributed by atoms with Crippen molar-refractivity contribution in [1.82, 2.24) is 20.3 Å². The zero-order valence-corrected chi connectivity index (χ0v) is 14.0. The van der Waals surface area contributed by atoms with Crippen LogP contribution in [0.5, 0.6) is 0 Å². The van der Waals surface area contributed by atoms with Crippen molar-refractivity contribution in [1.29, 1.82) is 0 Å². The molecule has 1 amide bonds. The number of amides is 1. The SMILES string of the molecule is Cc1nc(N)sc1C(=O)NCCc1nccc(-c2ccccc2)n1. The summed E-state index contributed by atoms with van der Waals surface area (Å²) in [4.78, 5) is 25.5.